The minimum Gasteiger partial charge on any atom is -0.494 e. The quantitative estimate of drug-likeness (QED) is 0.628. The van der Waals surface area contributed by atoms with Gasteiger partial charge >= 0.3 is 5.97 Å². The lowest BCUT2D eigenvalue weighted by Gasteiger charge is -2.05. The van der Waals surface area contributed by atoms with Gasteiger partial charge in [0.1, 0.15) is 23.9 Å². The number of rotatable bonds is 6. The number of hydrogen-bond donors (Lipinski definition) is 0. The summed E-state index contributed by atoms with van der Waals surface area (Å²) < 4.78 is 28.7. The second kappa shape index (κ2) is 7.61. The molecule has 0 amide bonds. The van der Waals surface area contributed by atoms with Gasteiger partial charge in [-0.2, -0.15) is 0 Å². The van der Waals surface area contributed by atoms with Crippen LogP contribution in [0.1, 0.15) is 23.0 Å². The Kier molecular flexibility index (Phi) is 5.09. The summed E-state index contributed by atoms with van der Waals surface area (Å²) in [5, 5.41) is 3.85. The van der Waals surface area contributed by atoms with Gasteiger partial charge in [0.25, 0.3) is 0 Å². The zero-order valence-electron chi connectivity index (χ0n) is 13.6. The summed E-state index contributed by atoms with van der Waals surface area (Å²) in [4.78, 5) is 12.0. The topological polar surface area (TPSA) is 61.6 Å². The second-order valence-corrected chi connectivity index (χ2v) is 5.22. The average Bonchev–Trinajstić information content (AvgIpc) is 3.10. The Hall–Kier alpha value is -3.15. The first-order chi connectivity index (χ1) is 12.2. The molecule has 0 fully saturated rings. The molecule has 0 atom stereocenters. The van der Waals surface area contributed by atoms with Crippen LogP contribution in [-0.4, -0.2) is 17.7 Å². The van der Waals surface area contributed by atoms with Crippen molar-refractivity contribution in [3.8, 4) is 17.1 Å². The summed E-state index contributed by atoms with van der Waals surface area (Å²) in [6, 6.07) is 14.2. The van der Waals surface area contributed by atoms with Crippen molar-refractivity contribution in [3.05, 3.63) is 71.7 Å². The first kappa shape index (κ1) is 16.7. The molecule has 1 heterocycles. The van der Waals surface area contributed by atoms with Crippen LogP contribution in [0.3, 0.4) is 0 Å². The predicted molar refractivity (Wildman–Crippen MR) is 88.6 cm³/mol. The highest BCUT2D eigenvalue weighted by atomic mass is 19.1. The highest BCUT2D eigenvalue weighted by Gasteiger charge is 2.11. The molecule has 0 aliphatic rings. The summed E-state index contributed by atoms with van der Waals surface area (Å²) >= 11 is 0. The van der Waals surface area contributed by atoms with Gasteiger partial charge in [-0.25, -0.2) is 9.18 Å². The van der Waals surface area contributed by atoms with Crippen LogP contribution in [0.25, 0.3) is 11.3 Å². The van der Waals surface area contributed by atoms with Crippen molar-refractivity contribution < 1.29 is 23.2 Å². The molecule has 0 aliphatic heterocycles. The van der Waals surface area contributed by atoms with Crippen molar-refractivity contribution in [3.63, 3.8) is 0 Å². The lowest BCUT2D eigenvalue weighted by atomic mass is 10.1. The van der Waals surface area contributed by atoms with Gasteiger partial charge in [-0.05, 0) is 55.5 Å². The minimum atomic E-state index is -0.464. The van der Waals surface area contributed by atoms with Crippen LogP contribution in [0.5, 0.6) is 5.75 Å². The number of nitrogens with zero attached hydrogens (tertiary/aromatic N) is 1. The Morgan fingerprint density at radius 1 is 1.12 bits per heavy atom. The molecule has 25 heavy (non-hydrogen) atoms. The van der Waals surface area contributed by atoms with Gasteiger partial charge < -0.3 is 14.0 Å². The Balaban J connectivity index is 1.60. The molecule has 0 saturated carbocycles. The number of benzene rings is 2. The van der Waals surface area contributed by atoms with Crippen LogP contribution in [0.2, 0.25) is 0 Å². The maximum absolute atomic E-state index is 12.9. The maximum atomic E-state index is 12.9. The Morgan fingerprint density at radius 2 is 1.84 bits per heavy atom. The third-order valence-electron chi connectivity index (χ3n) is 3.44. The first-order valence-corrected chi connectivity index (χ1v) is 7.77. The molecule has 1 aromatic heterocycles. The predicted octanol–water partition coefficient (Wildman–Crippen LogP) is 4.24. The monoisotopic (exact) mass is 341 g/mol. The number of halogens is 1. The van der Waals surface area contributed by atoms with Crippen molar-refractivity contribution in [1.82, 2.24) is 5.16 Å². The molecule has 6 heteroatoms. The van der Waals surface area contributed by atoms with Gasteiger partial charge in [0.2, 0.25) is 0 Å². The molecule has 128 valence electrons. The van der Waals surface area contributed by atoms with Gasteiger partial charge in [-0.15, -0.1) is 0 Å². The molecular weight excluding hydrogens is 325 g/mol. The van der Waals surface area contributed by atoms with Crippen LogP contribution in [0.15, 0.2) is 59.1 Å². The van der Waals surface area contributed by atoms with Gasteiger partial charge in [-0.1, -0.05) is 5.16 Å². The van der Waals surface area contributed by atoms with E-state index in [-0.39, 0.29) is 12.4 Å². The van der Waals surface area contributed by atoms with Crippen LogP contribution in [-0.2, 0) is 11.3 Å². The van der Waals surface area contributed by atoms with E-state index >= 15 is 0 Å². The molecular formula is C19H16FNO4. The number of carbonyl (C=O) groups excluding carboxylic acids is 1. The number of aromatic nitrogens is 1. The van der Waals surface area contributed by atoms with Gasteiger partial charge in [0.15, 0.2) is 5.76 Å². The van der Waals surface area contributed by atoms with Crippen LogP contribution in [0, 0.1) is 5.82 Å². The van der Waals surface area contributed by atoms with Crippen molar-refractivity contribution in [2.24, 2.45) is 0 Å². The minimum absolute atomic E-state index is 0.0171. The van der Waals surface area contributed by atoms with E-state index in [1.165, 1.54) is 12.1 Å². The van der Waals surface area contributed by atoms with E-state index in [1.807, 2.05) is 6.92 Å². The summed E-state index contributed by atoms with van der Waals surface area (Å²) in [6.45, 7) is 2.43. The lowest BCUT2D eigenvalue weighted by Crippen LogP contribution is -2.05. The van der Waals surface area contributed by atoms with E-state index in [4.69, 9.17) is 14.0 Å². The molecule has 0 bridgehead atoms. The number of esters is 1. The van der Waals surface area contributed by atoms with E-state index in [0.29, 0.717) is 34.9 Å². The molecule has 3 rings (SSSR count). The zero-order chi connectivity index (χ0) is 17.6. The maximum Gasteiger partial charge on any atom is 0.338 e. The fourth-order valence-electron chi connectivity index (χ4n) is 2.21. The Morgan fingerprint density at radius 3 is 2.52 bits per heavy atom. The van der Waals surface area contributed by atoms with Crippen molar-refractivity contribution in [2.75, 3.05) is 6.61 Å². The van der Waals surface area contributed by atoms with E-state index in [2.05, 4.69) is 5.16 Å². The number of hydrogen-bond acceptors (Lipinski definition) is 5. The van der Waals surface area contributed by atoms with Crippen molar-refractivity contribution >= 4 is 5.97 Å². The van der Waals surface area contributed by atoms with Crippen LogP contribution < -0.4 is 4.74 Å². The van der Waals surface area contributed by atoms with E-state index in [9.17, 15) is 9.18 Å². The normalized spacial score (nSPS) is 10.5. The van der Waals surface area contributed by atoms with Gasteiger partial charge in [0.05, 0.1) is 12.2 Å². The van der Waals surface area contributed by atoms with Crippen LogP contribution >= 0.6 is 0 Å². The molecule has 2 aromatic carbocycles. The smallest absolute Gasteiger partial charge is 0.338 e. The van der Waals surface area contributed by atoms with Crippen LogP contribution in [0.4, 0.5) is 4.39 Å². The molecule has 0 radical (unpaired) electrons. The highest BCUT2D eigenvalue weighted by Crippen LogP contribution is 2.21. The van der Waals surface area contributed by atoms with E-state index in [1.54, 1.807) is 42.5 Å². The van der Waals surface area contributed by atoms with Gasteiger partial charge in [-0.3, -0.25) is 0 Å². The van der Waals surface area contributed by atoms with Crippen molar-refractivity contribution in [1.29, 1.82) is 0 Å². The van der Waals surface area contributed by atoms with Gasteiger partial charge in [0, 0.05) is 11.6 Å². The largest absolute Gasteiger partial charge is 0.494 e. The molecule has 0 aliphatic carbocycles. The summed E-state index contributed by atoms with van der Waals surface area (Å²) in [5.41, 5.74) is 1.59. The lowest BCUT2D eigenvalue weighted by molar-refractivity contribution is 0.0464. The SMILES string of the molecule is CCOc1ccc(C(=O)OCc2cc(-c3ccc(F)cc3)on2)cc1. The molecule has 0 N–H and O–H groups in total. The standard InChI is InChI=1S/C19H16FNO4/c1-2-23-17-9-5-14(6-10-17)19(22)24-12-16-11-18(25-21-16)13-3-7-15(20)8-4-13/h3-11H,2,12H2,1H3. The molecule has 0 spiro atoms. The molecule has 3 aromatic rings. The summed E-state index contributed by atoms with van der Waals surface area (Å²) in [7, 11) is 0. The second-order valence-electron chi connectivity index (χ2n) is 5.22. The average molecular weight is 341 g/mol. The Labute approximate surface area is 144 Å². The van der Waals surface area contributed by atoms with E-state index < -0.39 is 5.97 Å². The molecule has 0 unspecified atom stereocenters. The summed E-state index contributed by atoms with van der Waals surface area (Å²) in [6.07, 6.45) is 0. The summed E-state index contributed by atoms with van der Waals surface area (Å²) in [5.74, 6) is 0.383. The fraction of sp³-hybridized carbons (Fsp3) is 0.158. The van der Waals surface area contributed by atoms with Crippen molar-refractivity contribution in [2.45, 2.75) is 13.5 Å². The molecule has 0 saturated heterocycles. The fourth-order valence-corrected chi connectivity index (χ4v) is 2.21. The Bertz CT molecular complexity index is 841. The number of ether oxygens (including phenoxy) is 2. The third kappa shape index (κ3) is 4.23. The number of carbonyl (C=O) groups is 1. The third-order valence-corrected chi connectivity index (χ3v) is 3.44. The zero-order valence-corrected chi connectivity index (χ0v) is 13.6. The first-order valence-electron chi connectivity index (χ1n) is 7.77. The highest BCUT2D eigenvalue weighted by molar-refractivity contribution is 5.89. The molecule has 5 nitrogen and oxygen atoms in total. The van der Waals surface area contributed by atoms with E-state index in [0.717, 1.165) is 0 Å².